The van der Waals surface area contributed by atoms with Gasteiger partial charge in [0.25, 0.3) is 5.91 Å². The first-order valence-corrected chi connectivity index (χ1v) is 8.22. The third-order valence-corrected chi connectivity index (χ3v) is 4.60. The quantitative estimate of drug-likeness (QED) is 0.639. The van der Waals surface area contributed by atoms with E-state index in [1.165, 1.54) is 22.3 Å². The van der Waals surface area contributed by atoms with Gasteiger partial charge >= 0.3 is 6.03 Å². The van der Waals surface area contributed by atoms with Gasteiger partial charge in [-0.1, -0.05) is 30.3 Å². The molecule has 1 aliphatic carbocycles. The minimum Gasteiger partial charge on any atom is -0.326 e. The van der Waals surface area contributed by atoms with Crippen LogP contribution >= 0.6 is 0 Å². The van der Waals surface area contributed by atoms with Gasteiger partial charge in [-0.15, -0.1) is 0 Å². The molecule has 6 nitrogen and oxygen atoms in total. The van der Waals surface area contributed by atoms with Gasteiger partial charge in [-0.2, -0.15) is 0 Å². The fourth-order valence-electron chi connectivity index (χ4n) is 3.38. The molecule has 2 aliphatic rings. The highest BCUT2D eigenvalue weighted by Crippen LogP contribution is 2.37. The van der Waals surface area contributed by atoms with Crippen molar-refractivity contribution in [3.63, 3.8) is 0 Å². The lowest BCUT2D eigenvalue weighted by atomic mass is 10.1. The van der Waals surface area contributed by atoms with E-state index in [1.54, 1.807) is 0 Å². The molecule has 6 heteroatoms. The second-order valence-corrected chi connectivity index (χ2v) is 6.31. The predicted molar refractivity (Wildman–Crippen MR) is 93.0 cm³/mol. The number of carbonyl (C=O) groups excluding carboxylic acids is 3. The number of urea groups is 1. The molecule has 1 atom stereocenters. The summed E-state index contributed by atoms with van der Waals surface area (Å²) in [6, 6.07) is 13.1. The van der Waals surface area contributed by atoms with Crippen molar-refractivity contribution in [2.75, 3.05) is 5.32 Å². The largest absolute Gasteiger partial charge is 0.326 e. The molecule has 1 fully saturated rings. The smallest absolute Gasteiger partial charge is 0.322 e. The highest BCUT2D eigenvalue weighted by Gasteiger charge is 2.29. The number of benzene rings is 2. The topological polar surface area (TPSA) is 87.3 Å². The van der Waals surface area contributed by atoms with Crippen molar-refractivity contribution in [2.24, 2.45) is 0 Å². The lowest BCUT2D eigenvalue weighted by Gasteiger charge is -2.09. The predicted octanol–water partition coefficient (Wildman–Crippen LogP) is 2.18. The van der Waals surface area contributed by atoms with E-state index < -0.39 is 12.1 Å². The number of nitrogens with one attached hydrogen (secondary N) is 3. The molecular formula is C19H17N3O3. The van der Waals surface area contributed by atoms with Crippen LogP contribution < -0.4 is 16.0 Å². The molecule has 126 valence electrons. The van der Waals surface area contributed by atoms with Gasteiger partial charge in [0.1, 0.15) is 6.04 Å². The molecule has 0 aromatic heterocycles. The third kappa shape index (κ3) is 2.98. The van der Waals surface area contributed by atoms with Crippen LogP contribution in [0.15, 0.2) is 42.5 Å². The molecule has 1 aliphatic heterocycles. The minimum atomic E-state index is -0.632. The average molecular weight is 335 g/mol. The lowest BCUT2D eigenvalue weighted by molar-refractivity contribution is -0.120. The van der Waals surface area contributed by atoms with Gasteiger partial charge in [-0.3, -0.25) is 14.9 Å². The van der Waals surface area contributed by atoms with Crippen LogP contribution in [0.2, 0.25) is 0 Å². The highest BCUT2D eigenvalue weighted by atomic mass is 16.2. The van der Waals surface area contributed by atoms with Crippen molar-refractivity contribution >= 4 is 23.5 Å². The zero-order chi connectivity index (χ0) is 17.4. The van der Waals surface area contributed by atoms with E-state index >= 15 is 0 Å². The van der Waals surface area contributed by atoms with Crippen LogP contribution in [0.5, 0.6) is 0 Å². The number of hydrogen-bond donors (Lipinski definition) is 3. The maximum absolute atomic E-state index is 12.1. The fraction of sp³-hybridized carbons (Fsp3) is 0.211. The van der Waals surface area contributed by atoms with Crippen molar-refractivity contribution < 1.29 is 14.4 Å². The summed E-state index contributed by atoms with van der Waals surface area (Å²) in [4.78, 5) is 34.6. The molecule has 1 heterocycles. The Bertz CT molecular complexity index is 891. The van der Waals surface area contributed by atoms with Crippen LogP contribution in [0.1, 0.15) is 24.0 Å². The Labute approximate surface area is 144 Å². The fourth-order valence-corrected chi connectivity index (χ4v) is 3.38. The van der Waals surface area contributed by atoms with E-state index in [1.807, 2.05) is 30.3 Å². The van der Waals surface area contributed by atoms with Crippen LogP contribution in [-0.4, -0.2) is 23.9 Å². The molecule has 25 heavy (non-hydrogen) atoms. The minimum absolute atomic E-state index is 0.162. The summed E-state index contributed by atoms with van der Waals surface area (Å²) in [6.07, 6.45) is 1.30. The van der Waals surface area contributed by atoms with Crippen LogP contribution in [0.3, 0.4) is 0 Å². The van der Waals surface area contributed by atoms with Gasteiger partial charge in [0, 0.05) is 12.1 Å². The Morgan fingerprint density at radius 3 is 2.68 bits per heavy atom. The van der Waals surface area contributed by atoms with E-state index in [0.29, 0.717) is 0 Å². The summed E-state index contributed by atoms with van der Waals surface area (Å²) in [5.74, 6) is -0.558. The zero-order valence-corrected chi connectivity index (χ0v) is 13.5. The third-order valence-electron chi connectivity index (χ3n) is 4.60. The second kappa shape index (κ2) is 6.05. The van der Waals surface area contributed by atoms with Crippen LogP contribution in [0, 0.1) is 0 Å². The first-order chi connectivity index (χ1) is 12.1. The molecule has 0 bridgehead atoms. The SMILES string of the molecule is O=C(CCC1NC(=O)NC1=O)Nc1ccc2c(c1)Cc1ccccc1-2. The standard InChI is InChI=1S/C19H17N3O3/c23-17(8-7-16-18(24)22-19(25)21-16)20-13-5-6-15-12(10-13)9-11-3-1-2-4-14(11)15/h1-6,10,16H,7-9H2,(H,20,23)(H2,21,22,24,25). The summed E-state index contributed by atoms with van der Waals surface area (Å²) >= 11 is 0. The van der Waals surface area contributed by atoms with Crippen molar-refractivity contribution in [3.05, 3.63) is 53.6 Å². The van der Waals surface area contributed by atoms with E-state index in [-0.39, 0.29) is 24.7 Å². The summed E-state index contributed by atoms with van der Waals surface area (Å²) in [5.41, 5.74) is 5.69. The van der Waals surface area contributed by atoms with Gasteiger partial charge in [0.05, 0.1) is 0 Å². The number of carbonyl (C=O) groups is 3. The molecule has 4 rings (SSSR count). The Morgan fingerprint density at radius 2 is 1.88 bits per heavy atom. The second-order valence-electron chi connectivity index (χ2n) is 6.31. The number of anilines is 1. The van der Waals surface area contributed by atoms with Crippen LogP contribution in [0.25, 0.3) is 11.1 Å². The molecule has 2 aromatic rings. The maximum atomic E-state index is 12.1. The molecule has 2 aromatic carbocycles. The van der Waals surface area contributed by atoms with Gasteiger partial charge in [-0.25, -0.2) is 4.79 Å². The highest BCUT2D eigenvalue weighted by molar-refractivity contribution is 6.04. The van der Waals surface area contributed by atoms with Gasteiger partial charge < -0.3 is 10.6 Å². The van der Waals surface area contributed by atoms with Crippen molar-refractivity contribution in [2.45, 2.75) is 25.3 Å². The van der Waals surface area contributed by atoms with Crippen molar-refractivity contribution in [3.8, 4) is 11.1 Å². The van der Waals surface area contributed by atoms with E-state index in [4.69, 9.17) is 0 Å². The first-order valence-electron chi connectivity index (χ1n) is 8.22. The summed E-state index contributed by atoms with van der Waals surface area (Å²) in [7, 11) is 0. The molecule has 0 radical (unpaired) electrons. The van der Waals surface area contributed by atoms with Crippen LogP contribution in [-0.2, 0) is 16.0 Å². The number of rotatable bonds is 4. The van der Waals surface area contributed by atoms with Gasteiger partial charge in [0.15, 0.2) is 0 Å². The van der Waals surface area contributed by atoms with Gasteiger partial charge in [0.2, 0.25) is 5.91 Å². The Hall–Kier alpha value is -3.15. The van der Waals surface area contributed by atoms with E-state index in [0.717, 1.165) is 12.1 Å². The maximum Gasteiger partial charge on any atom is 0.322 e. The zero-order valence-electron chi connectivity index (χ0n) is 13.5. The number of hydrogen-bond acceptors (Lipinski definition) is 3. The Kier molecular flexibility index (Phi) is 3.72. The van der Waals surface area contributed by atoms with Crippen LogP contribution in [0.4, 0.5) is 10.5 Å². The lowest BCUT2D eigenvalue weighted by Crippen LogP contribution is -2.30. The van der Waals surface area contributed by atoms with Crippen molar-refractivity contribution in [1.29, 1.82) is 0 Å². The molecule has 0 spiro atoms. The average Bonchev–Trinajstić information content (AvgIpc) is 3.11. The molecule has 0 saturated carbocycles. The Morgan fingerprint density at radius 1 is 1.08 bits per heavy atom. The van der Waals surface area contributed by atoms with E-state index in [9.17, 15) is 14.4 Å². The van der Waals surface area contributed by atoms with Crippen molar-refractivity contribution in [1.82, 2.24) is 10.6 Å². The molecule has 1 unspecified atom stereocenters. The normalized spacial score (nSPS) is 17.5. The summed E-state index contributed by atoms with van der Waals surface area (Å²) in [5, 5.41) is 7.51. The number of amides is 4. The van der Waals surface area contributed by atoms with Gasteiger partial charge in [-0.05, 0) is 47.2 Å². The number of fused-ring (bicyclic) bond motifs is 3. The van der Waals surface area contributed by atoms with E-state index in [2.05, 4.69) is 28.1 Å². The molecule has 4 amide bonds. The first kappa shape index (κ1) is 15.4. The molecular weight excluding hydrogens is 318 g/mol. The summed E-state index contributed by atoms with van der Waals surface area (Å²) < 4.78 is 0. The summed E-state index contributed by atoms with van der Waals surface area (Å²) in [6.45, 7) is 0. The molecule has 3 N–H and O–H groups in total. The monoisotopic (exact) mass is 335 g/mol. The Balaban J connectivity index is 1.39. The number of imide groups is 1. The molecule has 1 saturated heterocycles.